The maximum atomic E-state index is 13.3. The smallest absolute Gasteiger partial charge is 0.326 e. The van der Waals surface area contributed by atoms with Crippen LogP contribution in [0.4, 0.5) is 13.2 Å². The number of hydrogen-bond acceptors (Lipinski definition) is 2. The van der Waals surface area contributed by atoms with Crippen molar-refractivity contribution in [3.8, 4) is 0 Å². The van der Waals surface area contributed by atoms with E-state index in [4.69, 9.17) is 5.11 Å². The quantitative estimate of drug-likeness (QED) is 0.849. The summed E-state index contributed by atoms with van der Waals surface area (Å²) in [7, 11) is 1.24. The molecule has 0 heterocycles. The Morgan fingerprint density at radius 1 is 1.21 bits per heavy atom. The van der Waals surface area contributed by atoms with Crippen molar-refractivity contribution < 1.29 is 27.9 Å². The summed E-state index contributed by atoms with van der Waals surface area (Å²) in [5, 5.41) is 8.72. The van der Waals surface area contributed by atoms with Crippen LogP contribution in [0.5, 0.6) is 0 Å². The predicted molar refractivity (Wildman–Crippen MR) is 59.9 cm³/mol. The van der Waals surface area contributed by atoms with Crippen LogP contribution in [0, 0.1) is 17.5 Å². The molecule has 104 valence electrons. The van der Waals surface area contributed by atoms with Gasteiger partial charge in [-0.2, -0.15) is 0 Å². The third-order valence-corrected chi connectivity index (χ3v) is 2.76. The number of likely N-dealkylation sites (N-methyl/N-ethyl adjacent to an activating group) is 1. The second kappa shape index (κ2) is 5.73. The summed E-state index contributed by atoms with van der Waals surface area (Å²) in [5.74, 6) is -5.59. The van der Waals surface area contributed by atoms with Crippen LogP contribution in [0.25, 0.3) is 0 Å². The first-order valence-corrected chi connectivity index (χ1v) is 5.36. The largest absolute Gasteiger partial charge is 0.480 e. The molecule has 1 rings (SSSR count). The number of aliphatic carboxylic acids is 1. The summed E-state index contributed by atoms with van der Waals surface area (Å²) < 4.78 is 39.0. The second-order valence-corrected chi connectivity index (χ2v) is 4.05. The third kappa shape index (κ3) is 3.46. The fourth-order valence-corrected chi connectivity index (χ4v) is 1.37. The van der Waals surface area contributed by atoms with Crippen molar-refractivity contribution in [3.05, 3.63) is 35.1 Å². The molecule has 0 saturated carbocycles. The Hall–Kier alpha value is -2.05. The highest BCUT2D eigenvalue weighted by atomic mass is 19.2. The van der Waals surface area contributed by atoms with E-state index in [0.717, 1.165) is 4.90 Å². The van der Waals surface area contributed by atoms with E-state index in [1.165, 1.54) is 14.0 Å². The molecule has 1 amide bonds. The zero-order chi connectivity index (χ0) is 14.7. The molecule has 0 aliphatic heterocycles. The van der Waals surface area contributed by atoms with E-state index in [1.54, 1.807) is 0 Å². The Labute approximate surface area is 107 Å². The van der Waals surface area contributed by atoms with Gasteiger partial charge >= 0.3 is 5.97 Å². The standard InChI is InChI=1S/C12H12F3NO3/c1-6(12(18)19)16(2)11(17)4-7-3-9(14)10(15)5-8(7)13/h3,5-6H,4H2,1-2H3,(H,18,19). The maximum Gasteiger partial charge on any atom is 0.326 e. The van der Waals surface area contributed by atoms with E-state index in [1.807, 2.05) is 0 Å². The van der Waals surface area contributed by atoms with Crippen LogP contribution in [0.15, 0.2) is 12.1 Å². The monoisotopic (exact) mass is 275 g/mol. The molecule has 19 heavy (non-hydrogen) atoms. The average molecular weight is 275 g/mol. The van der Waals surface area contributed by atoms with Crippen molar-refractivity contribution in [2.24, 2.45) is 0 Å². The lowest BCUT2D eigenvalue weighted by molar-refractivity contribution is -0.148. The van der Waals surface area contributed by atoms with Crippen LogP contribution in [0.2, 0.25) is 0 Å². The Bertz CT molecular complexity index is 519. The highest BCUT2D eigenvalue weighted by Crippen LogP contribution is 2.15. The minimum absolute atomic E-state index is 0.326. The molecule has 4 nitrogen and oxygen atoms in total. The Morgan fingerprint density at radius 2 is 1.74 bits per heavy atom. The molecule has 1 aromatic carbocycles. The molecule has 0 aromatic heterocycles. The van der Waals surface area contributed by atoms with Crippen LogP contribution < -0.4 is 0 Å². The molecular formula is C12H12F3NO3. The molecular weight excluding hydrogens is 263 g/mol. The van der Waals surface area contributed by atoms with E-state index in [-0.39, 0.29) is 5.56 Å². The van der Waals surface area contributed by atoms with E-state index < -0.39 is 41.8 Å². The summed E-state index contributed by atoms with van der Waals surface area (Å²) in [6.45, 7) is 1.28. The van der Waals surface area contributed by atoms with Gasteiger partial charge in [-0.15, -0.1) is 0 Å². The van der Waals surface area contributed by atoms with Gasteiger partial charge in [0, 0.05) is 18.7 Å². The SMILES string of the molecule is CC(C(=O)O)N(C)C(=O)Cc1cc(F)c(F)cc1F. The van der Waals surface area contributed by atoms with Gasteiger partial charge in [-0.1, -0.05) is 0 Å². The molecule has 7 heteroatoms. The van der Waals surface area contributed by atoms with Crippen LogP contribution in [0.1, 0.15) is 12.5 Å². The van der Waals surface area contributed by atoms with Gasteiger partial charge < -0.3 is 10.0 Å². The number of carboxylic acids is 1. The number of carbonyl (C=O) groups is 2. The maximum absolute atomic E-state index is 13.3. The van der Waals surface area contributed by atoms with Gasteiger partial charge in [0.15, 0.2) is 11.6 Å². The summed E-state index contributed by atoms with van der Waals surface area (Å²) >= 11 is 0. The molecule has 0 spiro atoms. The molecule has 1 unspecified atom stereocenters. The van der Waals surface area contributed by atoms with Gasteiger partial charge in [0.25, 0.3) is 0 Å². The van der Waals surface area contributed by atoms with Crippen molar-refractivity contribution in [1.29, 1.82) is 0 Å². The van der Waals surface area contributed by atoms with Crippen molar-refractivity contribution >= 4 is 11.9 Å². The zero-order valence-corrected chi connectivity index (χ0v) is 10.3. The second-order valence-electron chi connectivity index (χ2n) is 4.05. The normalized spacial score (nSPS) is 12.1. The van der Waals surface area contributed by atoms with Crippen LogP contribution in [-0.2, 0) is 16.0 Å². The summed E-state index contributed by atoms with van der Waals surface area (Å²) in [5.41, 5.74) is -0.326. The van der Waals surface area contributed by atoms with E-state index in [0.29, 0.717) is 12.1 Å². The van der Waals surface area contributed by atoms with Crippen molar-refractivity contribution in [2.75, 3.05) is 7.05 Å². The van der Waals surface area contributed by atoms with Crippen LogP contribution in [-0.4, -0.2) is 35.0 Å². The van der Waals surface area contributed by atoms with Crippen molar-refractivity contribution in [2.45, 2.75) is 19.4 Å². The highest BCUT2D eigenvalue weighted by molar-refractivity contribution is 5.84. The number of nitrogens with zero attached hydrogens (tertiary/aromatic N) is 1. The zero-order valence-electron chi connectivity index (χ0n) is 10.3. The first-order chi connectivity index (χ1) is 8.73. The van der Waals surface area contributed by atoms with Gasteiger partial charge in [0.05, 0.1) is 6.42 Å². The Balaban J connectivity index is 2.88. The third-order valence-electron chi connectivity index (χ3n) is 2.76. The number of hydrogen-bond donors (Lipinski definition) is 1. The minimum Gasteiger partial charge on any atom is -0.480 e. The number of halogens is 3. The number of carboxylic acid groups (broad SMARTS) is 1. The van der Waals surface area contributed by atoms with E-state index >= 15 is 0 Å². The summed E-state index contributed by atoms with van der Waals surface area (Å²) in [4.78, 5) is 23.3. The predicted octanol–water partition coefficient (Wildman–Crippen LogP) is 1.58. The van der Waals surface area contributed by atoms with Crippen molar-refractivity contribution in [1.82, 2.24) is 4.90 Å². The molecule has 1 aromatic rings. The molecule has 0 aliphatic rings. The summed E-state index contributed by atoms with van der Waals surface area (Å²) in [6.07, 6.45) is -0.544. The first kappa shape index (κ1) is 15.0. The van der Waals surface area contributed by atoms with Gasteiger partial charge in [-0.25, -0.2) is 18.0 Å². The fraction of sp³-hybridized carbons (Fsp3) is 0.333. The number of rotatable bonds is 4. The van der Waals surface area contributed by atoms with Crippen molar-refractivity contribution in [3.63, 3.8) is 0 Å². The lowest BCUT2D eigenvalue weighted by atomic mass is 10.1. The van der Waals surface area contributed by atoms with E-state index in [2.05, 4.69) is 0 Å². The molecule has 0 saturated heterocycles. The molecule has 0 fully saturated rings. The molecule has 0 aliphatic carbocycles. The molecule has 1 N–H and O–H groups in total. The van der Waals surface area contributed by atoms with Gasteiger partial charge in [-0.3, -0.25) is 4.79 Å². The Morgan fingerprint density at radius 3 is 2.26 bits per heavy atom. The molecule has 0 bridgehead atoms. The number of benzene rings is 1. The number of amides is 1. The fourth-order valence-electron chi connectivity index (χ4n) is 1.37. The van der Waals surface area contributed by atoms with Gasteiger partial charge in [-0.05, 0) is 13.0 Å². The first-order valence-electron chi connectivity index (χ1n) is 5.36. The van der Waals surface area contributed by atoms with Crippen LogP contribution >= 0.6 is 0 Å². The lowest BCUT2D eigenvalue weighted by Gasteiger charge is -2.21. The van der Waals surface area contributed by atoms with Gasteiger partial charge in [0.1, 0.15) is 11.9 Å². The Kier molecular flexibility index (Phi) is 4.52. The average Bonchev–Trinajstić information content (AvgIpc) is 2.33. The number of carbonyl (C=O) groups excluding carboxylic acids is 1. The highest BCUT2D eigenvalue weighted by Gasteiger charge is 2.23. The van der Waals surface area contributed by atoms with E-state index in [9.17, 15) is 22.8 Å². The lowest BCUT2D eigenvalue weighted by Crippen LogP contribution is -2.41. The minimum atomic E-state index is -1.35. The molecule has 0 radical (unpaired) electrons. The summed E-state index contributed by atoms with van der Waals surface area (Å²) in [6, 6.07) is -0.165. The molecule has 1 atom stereocenters. The topological polar surface area (TPSA) is 57.6 Å². The van der Waals surface area contributed by atoms with Gasteiger partial charge in [0.2, 0.25) is 5.91 Å². The van der Waals surface area contributed by atoms with Crippen LogP contribution in [0.3, 0.4) is 0 Å².